The molecule has 4 nitrogen and oxygen atoms in total. The second-order valence-electron chi connectivity index (χ2n) is 6.12. The van der Waals surface area contributed by atoms with Gasteiger partial charge in [-0.15, -0.1) is 0 Å². The van der Waals surface area contributed by atoms with Crippen LogP contribution < -0.4 is 11.1 Å². The van der Waals surface area contributed by atoms with Gasteiger partial charge >= 0.3 is 0 Å². The minimum absolute atomic E-state index is 0.0403. The van der Waals surface area contributed by atoms with Gasteiger partial charge in [-0.2, -0.15) is 11.8 Å². The Morgan fingerprint density at radius 1 is 1.43 bits per heavy atom. The zero-order valence-electron chi connectivity index (χ0n) is 12.9. The third-order valence-electron chi connectivity index (χ3n) is 3.62. The third-order valence-corrected chi connectivity index (χ3v) is 4.92. The lowest BCUT2D eigenvalue weighted by Crippen LogP contribution is -2.43. The Hall–Kier alpha value is -1.20. The molecule has 3 N–H and O–H groups in total. The molecule has 0 unspecified atom stereocenters. The number of hydrogen-bond acceptors (Lipinski definition) is 4. The molecule has 2 rings (SSSR count). The highest BCUT2D eigenvalue weighted by molar-refractivity contribution is 8.00. The van der Waals surface area contributed by atoms with E-state index in [-0.39, 0.29) is 5.91 Å². The molecule has 1 heterocycles. The Balaban J connectivity index is 1.71. The van der Waals surface area contributed by atoms with Crippen LogP contribution >= 0.6 is 11.8 Å². The fraction of sp³-hybridized carbons (Fsp3) is 0.562. The maximum absolute atomic E-state index is 11.9. The van der Waals surface area contributed by atoms with Crippen molar-refractivity contribution >= 4 is 29.0 Å². The topological polar surface area (TPSA) is 58.4 Å². The normalized spacial score (nSPS) is 18.4. The molecule has 1 saturated heterocycles. The first kappa shape index (κ1) is 16.2. The standard InChI is InChI=1S/C16H25N3OS/c1-16(2)12-19(10-11-21-16)9-5-8-15(20)18-14-7-4-3-6-13(14)17/h3-4,6-7H,5,8-12,17H2,1-2H3,(H,18,20). The summed E-state index contributed by atoms with van der Waals surface area (Å²) in [6, 6.07) is 7.36. The summed E-state index contributed by atoms with van der Waals surface area (Å²) in [5.41, 5.74) is 7.14. The van der Waals surface area contributed by atoms with Gasteiger partial charge in [0.25, 0.3) is 0 Å². The van der Waals surface area contributed by atoms with Crippen molar-refractivity contribution < 1.29 is 4.79 Å². The van der Waals surface area contributed by atoms with Crippen molar-refractivity contribution in [1.82, 2.24) is 4.90 Å². The van der Waals surface area contributed by atoms with Crippen LogP contribution in [0.1, 0.15) is 26.7 Å². The number of nitrogens with zero attached hydrogens (tertiary/aromatic N) is 1. The van der Waals surface area contributed by atoms with Crippen LogP contribution in [0.15, 0.2) is 24.3 Å². The Morgan fingerprint density at radius 3 is 2.90 bits per heavy atom. The number of benzene rings is 1. The molecule has 0 aliphatic carbocycles. The van der Waals surface area contributed by atoms with Gasteiger partial charge in [-0.05, 0) is 38.9 Å². The summed E-state index contributed by atoms with van der Waals surface area (Å²) in [5.74, 6) is 1.22. The van der Waals surface area contributed by atoms with Gasteiger partial charge in [0.15, 0.2) is 0 Å². The van der Waals surface area contributed by atoms with E-state index in [1.54, 1.807) is 6.07 Å². The zero-order valence-corrected chi connectivity index (χ0v) is 13.7. The minimum Gasteiger partial charge on any atom is -0.397 e. The third kappa shape index (κ3) is 5.25. The van der Waals surface area contributed by atoms with Gasteiger partial charge in [-0.1, -0.05) is 12.1 Å². The first-order valence-corrected chi connectivity index (χ1v) is 8.45. The van der Waals surface area contributed by atoms with Gasteiger partial charge in [0, 0.05) is 30.0 Å². The number of para-hydroxylation sites is 2. The summed E-state index contributed by atoms with van der Waals surface area (Å²) in [5, 5.41) is 2.88. The highest BCUT2D eigenvalue weighted by Gasteiger charge is 2.26. The van der Waals surface area contributed by atoms with E-state index in [4.69, 9.17) is 5.73 Å². The lowest BCUT2D eigenvalue weighted by Gasteiger charge is -2.37. The van der Waals surface area contributed by atoms with E-state index >= 15 is 0 Å². The largest absolute Gasteiger partial charge is 0.397 e. The number of thioether (sulfide) groups is 1. The van der Waals surface area contributed by atoms with E-state index in [1.807, 2.05) is 30.0 Å². The first-order chi connectivity index (χ1) is 9.96. The summed E-state index contributed by atoms with van der Waals surface area (Å²) in [4.78, 5) is 14.4. The zero-order chi connectivity index (χ0) is 15.3. The van der Waals surface area contributed by atoms with E-state index in [2.05, 4.69) is 24.1 Å². The number of nitrogen functional groups attached to an aromatic ring is 1. The smallest absolute Gasteiger partial charge is 0.224 e. The van der Waals surface area contributed by atoms with Gasteiger partial charge < -0.3 is 16.0 Å². The Labute approximate surface area is 131 Å². The maximum atomic E-state index is 11.9. The van der Waals surface area contributed by atoms with E-state index in [9.17, 15) is 4.79 Å². The van der Waals surface area contributed by atoms with Crippen LogP contribution in [-0.4, -0.2) is 40.9 Å². The average molecular weight is 307 g/mol. The van der Waals surface area contributed by atoms with Crippen molar-refractivity contribution in [3.05, 3.63) is 24.3 Å². The molecule has 0 bridgehead atoms. The van der Waals surface area contributed by atoms with Crippen molar-refractivity contribution in [3.63, 3.8) is 0 Å². The minimum atomic E-state index is 0.0403. The molecule has 0 aromatic heterocycles. The molecule has 21 heavy (non-hydrogen) atoms. The fourth-order valence-electron chi connectivity index (χ4n) is 2.59. The summed E-state index contributed by atoms with van der Waals surface area (Å²) in [7, 11) is 0. The van der Waals surface area contributed by atoms with Gasteiger partial charge in [-0.25, -0.2) is 0 Å². The summed E-state index contributed by atoms with van der Waals surface area (Å²) in [6.45, 7) is 7.79. The van der Waals surface area contributed by atoms with Crippen LogP contribution in [0.5, 0.6) is 0 Å². The number of carbonyl (C=O) groups is 1. The highest BCUT2D eigenvalue weighted by atomic mass is 32.2. The van der Waals surface area contributed by atoms with Gasteiger partial charge in [0.05, 0.1) is 11.4 Å². The summed E-state index contributed by atoms with van der Waals surface area (Å²) >= 11 is 2.03. The molecule has 0 radical (unpaired) electrons. The number of rotatable bonds is 5. The van der Waals surface area contributed by atoms with Crippen LogP contribution in [0.2, 0.25) is 0 Å². The van der Waals surface area contributed by atoms with Gasteiger partial charge in [0.2, 0.25) is 5.91 Å². The Bertz CT molecular complexity index is 490. The number of amides is 1. The predicted molar refractivity (Wildman–Crippen MR) is 91.7 cm³/mol. The van der Waals surface area contributed by atoms with Crippen molar-refractivity contribution in [3.8, 4) is 0 Å². The van der Waals surface area contributed by atoms with Crippen molar-refractivity contribution in [1.29, 1.82) is 0 Å². The molecule has 1 aromatic rings. The molecule has 0 atom stereocenters. The van der Waals surface area contributed by atoms with Crippen LogP contribution in [-0.2, 0) is 4.79 Å². The summed E-state index contributed by atoms with van der Waals surface area (Å²) < 4.78 is 0.332. The second-order valence-corrected chi connectivity index (χ2v) is 7.93. The van der Waals surface area contributed by atoms with Crippen LogP contribution in [0, 0.1) is 0 Å². The van der Waals surface area contributed by atoms with Crippen LogP contribution in [0.4, 0.5) is 11.4 Å². The molecule has 1 aliphatic heterocycles. The first-order valence-electron chi connectivity index (χ1n) is 7.47. The maximum Gasteiger partial charge on any atom is 0.224 e. The monoisotopic (exact) mass is 307 g/mol. The van der Waals surface area contributed by atoms with E-state index < -0.39 is 0 Å². The molecule has 0 spiro atoms. The van der Waals surface area contributed by atoms with Crippen LogP contribution in [0.3, 0.4) is 0 Å². The molecular formula is C16H25N3OS. The SMILES string of the molecule is CC1(C)CN(CCCC(=O)Nc2ccccc2N)CCS1. The fourth-order valence-corrected chi connectivity index (χ4v) is 3.77. The molecular weight excluding hydrogens is 282 g/mol. The van der Waals surface area contributed by atoms with Crippen molar-refractivity contribution in [2.45, 2.75) is 31.4 Å². The number of anilines is 2. The lowest BCUT2D eigenvalue weighted by atomic mass is 10.1. The molecule has 116 valence electrons. The van der Waals surface area contributed by atoms with E-state index in [0.717, 1.165) is 26.1 Å². The quantitative estimate of drug-likeness (QED) is 0.821. The summed E-state index contributed by atoms with van der Waals surface area (Å²) in [6.07, 6.45) is 1.43. The van der Waals surface area contributed by atoms with E-state index in [1.165, 1.54) is 5.75 Å². The molecule has 1 aliphatic rings. The van der Waals surface area contributed by atoms with Crippen molar-refractivity contribution in [2.75, 3.05) is 36.4 Å². The van der Waals surface area contributed by atoms with Crippen LogP contribution in [0.25, 0.3) is 0 Å². The Kier molecular flexibility index (Phi) is 5.53. The molecule has 5 heteroatoms. The van der Waals surface area contributed by atoms with Gasteiger partial charge in [0.1, 0.15) is 0 Å². The number of nitrogens with one attached hydrogen (secondary N) is 1. The number of nitrogens with two attached hydrogens (primary N) is 1. The molecule has 1 fully saturated rings. The second kappa shape index (κ2) is 7.18. The average Bonchev–Trinajstić information content (AvgIpc) is 2.40. The van der Waals surface area contributed by atoms with Gasteiger partial charge in [-0.3, -0.25) is 4.79 Å². The molecule has 1 amide bonds. The number of hydrogen-bond donors (Lipinski definition) is 2. The lowest BCUT2D eigenvalue weighted by molar-refractivity contribution is -0.116. The van der Waals surface area contributed by atoms with E-state index in [0.29, 0.717) is 22.5 Å². The van der Waals surface area contributed by atoms with Crippen molar-refractivity contribution in [2.24, 2.45) is 0 Å². The molecule has 1 aromatic carbocycles. The highest BCUT2D eigenvalue weighted by Crippen LogP contribution is 2.29. The number of carbonyl (C=O) groups excluding carboxylic acids is 1. The Morgan fingerprint density at radius 2 is 2.19 bits per heavy atom. The predicted octanol–water partition coefficient (Wildman–Crippen LogP) is 2.81. The molecule has 0 saturated carbocycles.